The van der Waals surface area contributed by atoms with Gasteiger partial charge in [-0.3, -0.25) is 0 Å². The van der Waals surface area contributed by atoms with Crippen LogP contribution >= 0.6 is 0 Å². The molecule has 0 heterocycles. The van der Waals surface area contributed by atoms with Gasteiger partial charge in [0.1, 0.15) is 6.61 Å². The lowest BCUT2D eigenvalue weighted by atomic mass is 10.1. The zero-order valence-corrected chi connectivity index (χ0v) is 8.14. The maximum Gasteiger partial charge on any atom is 0.404 e. The molecule has 2 N–H and O–H groups in total. The summed E-state index contributed by atoms with van der Waals surface area (Å²) in [4.78, 5) is 10.5. The van der Waals surface area contributed by atoms with E-state index in [1.807, 2.05) is 42.5 Å². The lowest BCUT2D eigenvalue weighted by molar-refractivity contribution is 0.150. The summed E-state index contributed by atoms with van der Waals surface area (Å²) in [5.41, 5.74) is 5.89. The van der Waals surface area contributed by atoms with Crippen LogP contribution in [0.25, 0.3) is 10.8 Å². The van der Waals surface area contributed by atoms with E-state index >= 15 is 0 Å². The molecule has 0 aliphatic rings. The summed E-state index contributed by atoms with van der Waals surface area (Å²) in [6.07, 6.45) is -0.747. The number of ether oxygens (including phenoxy) is 1. The average Bonchev–Trinajstić information content (AvgIpc) is 2.26. The third-order valence-corrected chi connectivity index (χ3v) is 2.25. The van der Waals surface area contributed by atoms with Gasteiger partial charge in [-0.2, -0.15) is 0 Å². The Morgan fingerprint density at radius 3 is 2.67 bits per heavy atom. The molecular formula is C12H11NO2. The summed E-state index contributed by atoms with van der Waals surface area (Å²) in [6.45, 7) is 0.219. The maximum atomic E-state index is 10.5. The normalized spacial score (nSPS) is 10.1. The molecule has 3 heteroatoms. The number of rotatable bonds is 2. The van der Waals surface area contributed by atoms with Crippen molar-refractivity contribution < 1.29 is 9.53 Å². The van der Waals surface area contributed by atoms with Crippen LogP contribution in [0.15, 0.2) is 42.5 Å². The van der Waals surface area contributed by atoms with Crippen molar-refractivity contribution in [2.45, 2.75) is 6.61 Å². The molecule has 3 nitrogen and oxygen atoms in total. The fraction of sp³-hybridized carbons (Fsp3) is 0.0833. The van der Waals surface area contributed by atoms with Crippen molar-refractivity contribution in [2.24, 2.45) is 5.73 Å². The Morgan fingerprint density at radius 1 is 1.13 bits per heavy atom. The van der Waals surface area contributed by atoms with E-state index in [9.17, 15) is 4.79 Å². The summed E-state index contributed by atoms with van der Waals surface area (Å²) in [5.74, 6) is 0. The van der Waals surface area contributed by atoms with Gasteiger partial charge in [0.25, 0.3) is 0 Å². The molecule has 0 spiro atoms. The van der Waals surface area contributed by atoms with E-state index in [0.29, 0.717) is 0 Å². The lowest BCUT2D eigenvalue weighted by Crippen LogP contribution is -2.12. The Morgan fingerprint density at radius 2 is 1.87 bits per heavy atom. The van der Waals surface area contributed by atoms with Crippen LogP contribution < -0.4 is 5.73 Å². The maximum absolute atomic E-state index is 10.5. The van der Waals surface area contributed by atoms with Gasteiger partial charge in [0, 0.05) is 0 Å². The van der Waals surface area contributed by atoms with Crippen molar-refractivity contribution in [3.63, 3.8) is 0 Å². The van der Waals surface area contributed by atoms with E-state index in [1.165, 1.54) is 0 Å². The molecule has 0 saturated heterocycles. The van der Waals surface area contributed by atoms with E-state index in [1.54, 1.807) is 0 Å². The minimum atomic E-state index is -0.747. The smallest absolute Gasteiger partial charge is 0.404 e. The molecule has 0 radical (unpaired) electrons. The van der Waals surface area contributed by atoms with Crippen LogP contribution in [-0.2, 0) is 11.3 Å². The highest BCUT2D eigenvalue weighted by Crippen LogP contribution is 2.18. The largest absolute Gasteiger partial charge is 0.445 e. The van der Waals surface area contributed by atoms with Crippen molar-refractivity contribution >= 4 is 16.9 Å². The molecule has 0 aliphatic carbocycles. The Hall–Kier alpha value is -2.03. The van der Waals surface area contributed by atoms with Gasteiger partial charge in [-0.1, -0.05) is 42.5 Å². The van der Waals surface area contributed by atoms with Crippen LogP contribution in [0.3, 0.4) is 0 Å². The first-order chi connectivity index (χ1) is 7.27. The van der Waals surface area contributed by atoms with Crippen LogP contribution in [0, 0.1) is 0 Å². The van der Waals surface area contributed by atoms with Crippen molar-refractivity contribution in [2.75, 3.05) is 0 Å². The van der Waals surface area contributed by atoms with Gasteiger partial charge in [-0.15, -0.1) is 0 Å². The number of primary amides is 1. The van der Waals surface area contributed by atoms with Crippen LogP contribution in [0.2, 0.25) is 0 Å². The highest BCUT2D eigenvalue weighted by molar-refractivity contribution is 5.85. The van der Waals surface area contributed by atoms with E-state index in [2.05, 4.69) is 0 Å². The first-order valence-electron chi connectivity index (χ1n) is 4.66. The quantitative estimate of drug-likeness (QED) is 0.811. The van der Waals surface area contributed by atoms with Gasteiger partial charge >= 0.3 is 6.09 Å². The molecule has 0 unspecified atom stereocenters. The Labute approximate surface area is 87.5 Å². The van der Waals surface area contributed by atoms with E-state index in [0.717, 1.165) is 16.3 Å². The fourth-order valence-corrected chi connectivity index (χ4v) is 1.57. The molecule has 1 amide bonds. The first kappa shape index (κ1) is 9.52. The summed E-state index contributed by atoms with van der Waals surface area (Å²) in [6, 6.07) is 13.8. The summed E-state index contributed by atoms with van der Waals surface area (Å²) in [7, 11) is 0. The highest BCUT2D eigenvalue weighted by Gasteiger charge is 2.01. The monoisotopic (exact) mass is 201 g/mol. The number of carbonyl (C=O) groups is 1. The SMILES string of the molecule is NC(=O)OCc1cccc2ccccc12. The molecule has 15 heavy (non-hydrogen) atoms. The van der Waals surface area contributed by atoms with Crippen LogP contribution in [0.4, 0.5) is 4.79 Å². The van der Waals surface area contributed by atoms with Gasteiger partial charge in [0.15, 0.2) is 0 Å². The topological polar surface area (TPSA) is 52.3 Å². The minimum absolute atomic E-state index is 0.219. The molecule has 0 aliphatic heterocycles. The minimum Gasteiger partial charge on any atom is -0.445 e. The second kappa shape index (κ2) is 4.00. The van der Waals surface area contributed by atoms with Crippen molar-refractivity contribution in [1.29, 1.82) is 0 Å². The van der Waals surface area contributed by atoms with E-state index in [4.69, 9.17) is 10.5 Å². The predicted octanol–water partition coefficient (Wildman–Crippen LogP) is 2.44. The van der Waals surface area contributed by atoms with E-state index < -0.39 is 6.09 Å². The highest BCUT2D eigenvalue weighted by atomic mass is 16.5. The Kier molecular flexibility index (Phi) is 2.54. The standard InChI is InChI=1S/C12H11NO2/c13-12(14)15-8-10-6-3-5-9-4-1-2-7-11(9)10/h1-7H,8H2,(H2,13,14). The number of fused-ring (bicyclic) bond motifs is 1. The Bertz CT molecular complexity index is 488. The Balaban J connectivity index is 2.38. The predicted molar refractivity (Wildman–Crippen MR) is 58.3 cm³/mol. The van der Waals surface area contributed by atoms with Gasteiger partial charge in [-0.05, 0) is 16.3 Å². The van der Waals surface area contributed by atoms with Crippen LogP contribution in [-0.4, -0.2) is 6.09 Å². The van der Waals surface area contributed by atoms with Gasteiger partial charge < -0.3 is 10.5 Å². The third kappa shape index (κ3) is 2.07. The number of amides is 1. The average molecular weight is 201 g/mol. The van der Waals surface area contributed by atoms with Crippen LogP contribution in [0.5, 0.6) is 0 Å². The van der Waals surface area contributed by atoms with Crippen molar-refractivity contribution in [1.82, 2.24) is 0 Å². The molecule has 0 atom stereocenters. The summed E-state index contributed by atoms with van der Waals surface area (Å²) in [5, 5.41) is 2.21. The third-order valence-electron chi connectivity index (χ3n) is 2.25. The molecular weight excluding hydrogens is 190 g/mol. The first-order valence-corrected chi connectivity index (χ1v) is 4.66. The second-order valence-electron chi connectivity index (χ2n) is 3.25. The van der Waals surface area contributed by atoms with Gasteiger partial charge in [0.05, 0.1) is 0 Å². The molecule has 2 rings (SSSR count). The number of hydrogen-bond acceptors (Lipinski definition) is 2. The molecule has 0 saturated carbocycles. The van der Waals surface area contributed by atoms with Gasteiger partial charge in [-0.25, -0.2) is 4.79 Å². The number of nitrogens with two attached hydrogens (primary N) is 1. The number of hydrogen-bond donors (Lipinski definition) is 1. The van der Waals surface area contributed by atoms with Crippen LogP contribution in [0.1, 0.15) is 5.56 Å². The summed E-state index contributed by atoms with van der Waals surface area (Å²) < 4.78 is 4.77. The molecule has 2 aromatic rings. The van der Waals surface area contributed by atoms with Crippen molar-refractivity contribution in [3.05, 3.63) is 48.0 Å². The molecule has 76 valence electrons. The van der Waals surface area contributed by atoms with Gasteiger partial charge in [0.2, 0.25) is 0 Å². The zero-order chi connectivity index (χ0) is 10.7. The zero-order valence-electron chi connectivity index (χ0n) is 8.14. The fourth-order valence-electron chi connectivity index (χ4n) is 1.57. The molecule has 0 aromatic heterocycles. The summed E-state index contributed by atoms with van der Waals surface area (Å²) >= 11 is 0. The van der Waals surface area contributed by atoms with Crippen molar-refractivity contribution in [3.8, 4) is 0 Å². The number of benzene rings is 2. The number of carbonyl (C=O) groups excluding carboxylic acids is 1. The molecule has 2 aromatic carbocycles. The lowest BCUT2D eigenvalue weighted by Gasteiger charge is -2.05. The van der Waals surface area contributed by atoms with E-state index in [-0.39, 0.29) is 6.61 Å². The molecule has 0 bridgehead atoms. The molecule has 0 fully saturated rings. The second-order valence-corrected chi connectivity index (χ2v) is 3.25.